The Hall–Kier alpha value is -2.68. The van der Waals surface area contributed by atoms with Crippen LogP contribution >= 0.6 is 0 Å². The Morgan fingerprint density at radius 3 is 1.45 bits per heavy atom. The van der Waals surface area contributed by atoms with Gasteiger partial charge in [-0.1, -0.05) is 60.7 Å². The van der Waals surface area contributed by atoms with Crippen molar-refractivity contribution in [1.82, 2.24) is 9.97 Å². The molecule has 0 fully saturated rings. The fourth-order valence-electron chi connectivity index (χ4n) is 2.10. The number of aryl methyl sites for hydroxylation is 2. The molecular formula is C19H21N3. The van der Waals surface area contributed by atoms with Crippen LogP contribution in [0.5, 0.6) is 0 Å². The van der Waals surface area contributed by atoms with Crippen LogP contribution in [0.1, 0.15) is 17.5 Å². The molecule has 0 amide bonds. The lowest BCUT2D eigenvalue weighted by Crippen LogP contribution is -1.90. The van der Waals surface area contributed by atoms with Crippen LogP contribution in [0, 0.1) is 0 Å². The summed E-state index contributed by atoms with van der Waals surface area (Å²) in [5.41, 5.74) is 8.01. The zero-order chi connectivity index (χ0) is 15.5. The summed E-state index contributed by atoms with van der Waals surface area (Å²) >= 11 is 0. The van der Waals surface area contributed by atoms with Gasteiger partial charge in [0, 0.05) is 12.4 Å². The third kappa shape index (κ3) is 6.18. The van der Waals surface area contributed by atoms with Crippen LogP contribution in [0.4, 0.5) is 5.95 Å². The molecule has 2 N–H and O–H groups in total. The molecule has 2 aromatic carbocycles. The Balaban J connectivity index is 0.000000211. The van der Waals surface area contributed by atoms with Crippen molar-refractivity contribution in [3.63, 3.8) is 0 Å². The minimum absolute atomic E-state index is 0.322. The summed E-state index contributed by atoms with van der Waals surface area (Å²) in [5, 5.41) is 0. The number of nitrogens with zero attached hydrogens (tertiary/aromatic N) is 2. The molecule has 1 aromatic heterocycles. The highest BCUT2D eigenvalue weighted by atomic mass is 15.0. The lowest BCUT2D eigenvalue weighted by Gasteiger charge is -2.01. The second-order valence-electron chi connectivity index (χ2n) is 4.93. The maximum absolute atomic E-state index is 5.14. The van der Waals surface area contributed by atoms with Gasteiger partial charge in [-0.2, -0.15) is 0 Å². The Morgan fingerprint density at radius 2 is 1.09 bits per heavy atom. The van der Waals surface area contributed by atoms with Crippen molar-refractivity contribution in [2.24, 2.45) is 0 Å². The summed E-state index contributed by atoms with van der Waals surface area (Å²) < 4.78 is 0. The van der Waals surface area contributed by atoms with Crippen molar-refractivity contribution in [2.75, 3.05) is 5.73 Å². The third-order valence-corrected chi connectivity index (χ3v) is 3.20. The molecule has 22 heavy (non-hydrogen) atoms. The highest BCUT2D eigenvalue weighted by molar-refractivity contribution is 5.17. The third-order valence-electron chi connectivity index (χ3n) is 3.20. The van der Waals surface area contributed by atoms with E-state index in [1.807, 2.05) is 0 Å². The lowest BCUT2D eigenvalue weighted by molar-refractivity contribution is 0.821. The van der Waals surface area contributed by atoms with Gasteiger partial charge in [0.05, 0.1) is 0 Å². The molecule has 0 aliphatic carbocycles. The predicted octanol–water partition coefficient (Wildman–Crippen LogP) is 3.92. The minimum Gasteiger partial charge on any atom is -0.368 e. The molecule has 0 aliphatic heterocycles. The first-order valence-corrected chi connectivity index (χ1v) is 7.45. The van der Waals surface area contributed by atoms with Crippen LogP contribution in [-0.4, -0.2) is 9.97 Å². The molecule has 0 aliphatic rings. The smallest absolute Gasteiger partial charge is 0.219 e. The molecule has 0 atom stereocenters. The predicted molar refractivity (Wildman–Crippen MR) is 91.4 cm³/mol. The molecule has 0 unspecified atom stereocenters. The zero-order valence-electron chi connectivity index (χ0n) is 12.6. The highest BCUT2D eigenvalue weighted by Crippen LogP contribution is 2.07. The maximum atomic E-state index is 5.14. The summed E-state index contributed by atoms with van der Waals surface area (Å²) in [7, 11) is 0. The average molecular weight is 291 g/mol. The van der Waals surface area contributed by atoms with E-state index in [1.165, 1.54) is 30.4 Å². The van der Waals surface area contributed by atoms with Gasteiger partial charge in [0.25, 0.3) is 0 Å². The molecule has 0 spiro atoms. The quantitative estimate of drug-likeness (QED) is 0.792. The SMILES string of the molecule is Nc1ncccn1.c1ccc(CCCc2ccccc2)cc1. The van der Waals surface area contributed by atoms with E-state index in [4.69, 9.17) is 5.73 Å². The van der Waals surface area contributed by atoms with Crippen molar-refractivity contribution in [1.29, 1.82) is 0 Å². The van der Waals surface area contributed by atoms with Gasteiger partial charge in [0.2, 0.25) is 5.95 Å². The maximum Gasteiger partial charge on any atom is 0.219 e. The van der Waals surface area contributed by atoms with Crippen molar-refractivity contribution >= 4 is 5.95 Å². The summed E-state index contributed by atoms with van der Waals surface area (Å²) in [5.74, 6) is 0.322. The van der Waals surface area contributed by atoms with E-state index in [1.54, 1.807) is 18.5 Å². The summed E-state index contributed by atoms with van der Waals surface area (Å²) in [4.78, 5) is 7.29. The number of hydrogen-bond donors (Lipinski definition) is 1. The Kier molecular flexibility index (Phi) is 6.63. The molecule has 0 saturated carbocycles. The van der Waals surface area contributed by atoms with Gasteiger partial charge in [-0.15, -0.1) is 0 Å². The Labute approximate surface area is 131 Å². The molecule has 3 nitrogen and oxygen atoms in total. The van der Waals surface area contributed by atoms with Crippen molar-refractivity contribution in [3.8, 4) is 0 Å². The van der Waals surface area contributed by atoms with E-state index < -0.39 is 0 Å². The van der Waals surface area contributed by atoms with Crippen molar-refractivity contribution in [2.45, 2.75) is 19.3 Å². The topological polar surface area (TPSA) is 51.8 Å². The summed E-state index contributed by atoms with van der Waals surface area (Å²) in [6.45, 7) is 0. The van der Waals surface area contributed by atoms with E-state index in [-0.39, 0.29) is 0 Å². The molecule has 0 saturated heterocycles. The van der Waals surface area contributed by atoms with Crippen LogP contribution in [0.3, 0.4) is 0 Å². The van der Waals surface area contributed by atoms with Crippen LogP contribution in [-0.2, 0) is 12.8 Å². The van der Waals surface area contributed by atoms with E-state index in [0.29, 0.717) is 5.95 Å². The molecule has 0 bridgehead atoms. The molecule has 112 valence electrons. The first-order chi connectivity index (χ1) is 10.8. The van der Waals surface area contributed by atoms with Crippen LogP contribution < -0.4 is 5.73 Å². The number of hydrogen-bond acceptors (Lipinski definition) is 3. The Morgan fingerprint density at radius 1 is 0.636 bits per heavy atom. The van der Waals surface area contributed by atoms with Gasteiger partial charge in [0.1, 0.15) is 0 Å². The monoisotopic (exact) mass is 291 g/mol. The zero-order valence-corrected chi connectivity index (χ0v) is 12.6. The van der Waals surface area contributed by atoms with Gasteiger partial charge in [-0.25, -0.2) is 9.97 Å². The highest BCUT2D eigenvalue weighted by Gasteiger charge is 1.93. The second kappa shape index (κ2) is 9.29. The van der Waals surface area contributed by atoms with E-state index in [2.05, 4.69) is 70.6 Å². The standard InChI is InChI=1S/C15H16.C4H5N3/c1-3-8-14(9-4-1)12-7-13-15-10-5-2-6-11-15;5-4-6-2-1-3-7-4/h1-6,8-11H,7,12-13H2;1-3H,(H2,5,6,7). The lowest BCUT2D eigenvalue weighted by atomic mass is 10.0. The van der Waals surface area contributed by atoms with Gasteiger partial charge in [-0.05, 0) is 36.5 Å². The average Bonchev–Trinajstić information content (AvgIpc) is 2.58. The number of benzene rings is 2. The second-order valence-corrected chi connectivity index (χ2v) is 4.93. The van der Waals surface area contributed by atoms with Crippen LogP contribution in [0.2, 0.25) is 0 Å². The van der Waals surface area contributed by atoms with Crippen LogP contribution in [0.25, 0.3) is 0 Å². The largest absolute Gasteiger partial charge is 0.368 e. The first-order valence-electron chi connectivity index (χ1n) is 7.45. The van der Waals surface area contributed by atoms with Crippen LogP contribution in [0.15, 0.2) is 79.1 Å². The summed E-state index contributed by atoms with van der Waals surface area (Å²) in [6, 6.07) is 23.1. The minimum atomic E-state index is 0.322. The number of aromatic nitrogens is 2. The number of rotatable bonds is 4. The molecule has 3 aromatic rings. The Bertz CT molecular complexity index is 585. The molecular weight excluding hydrogens is 270 g/mol. The van der Waals surface area contributed by atoms with E-state index in [0.717, 1.165) is 0 Å². The van der Waals surface area contributed by atoms with Gasteiger partial charge in [0.15, 0.2) is 0 Å². The molecule has 0 radical (unpaired) electrons. The number of nitrogens with two attached hydrogens (primary N) is 1. The number of anilines is 1. The molecule has 1 heterocycles. The fraction of sp³-hybridized carbons (Fsp3) is 0.158. The van der Waals surface area contributed by atoms with Gasteiger partial charge in [-0.3, -0.25) is 0 Å². The fourth-order valence-corrected chi connectivity index (χ4v) is 2.10. The normalized spacial score (nSPS) is 9.64. The van der Waals surface area contributed by atoms with Gasteiger partial charge >= 0.3 is 0 Å². The van der Waals surface area contributed by atoms with E-state index >= 15 is 0 Å². The first kappa shape index (κ1) is 15.7. The molecule has 3 rings (SSSR count). The van der Waals surface area contributed by atoms with Crippen molar-refractivity contribution in [3.05, 3.63) is 90.3 Å². The molecule has 3 heteroatoms. The summed E-state index contributed by atoms with van der Waals surface area (Å²) in [6.07, 6.45) is 6.78. The van der Waals surface area contributed by atoms with Crippen molar-refractivity contribution < 1.29 is 0 Å². The number of nitrogen functional groups attached to an aromatic ring is 1. The van der Waals surface area contributed by atoms with Gasteiger partial charge < -0.3 is 5.73 Å². The van der Waals surface area contributed by atoms with E-state index in [9.17, 15) is 0 Å².